The molecule has 1 saturated heterocycles. The highest BCUT2D eigenvalue weighted by molar-refractivity contribution is 7.91. The number of nitrogens with zero attached hydrogens (tertiary/aromatic N) is 2. The Kier molecular flexibility index (Phi) is 7.14. The quantitative estimate of drug-likeness (QED) is 0.515. The van der Waals surface area contributed by atoms with Gasteiger partial charge < -0.3 is 5.32 Å². The van der Waals surface area contributed by atoms with Crippen LogP contribution in [0.2, 0.25) is 0 Å². The maximum atomic E-state index is 13.0. The normalized spacial score (nSPS) is 15.7. The molecule has 0 saturated carbocycles. The van der Waals surface area contributed by atoms with Gasteiger partial charge in [0.25, 0.3) is 0 Å². The van der Waals surface area contributed by atoms with Crippen molar-refractivity contribution in [2.45, 2.75) is 36.5 Å². The number of carbonyl (C=O) groups is 1. The Labute approximate surface area is 210 Å². The third-order valence-corrected chi connectivity index (χ3v) is 9.85. The second-order valence-corrected chi connectivity index (χ2v) is 13.6. The van der Waals surface area contributed by atoms with Gasteiger partial charge in [0.15, 0.2) is 15.0 Å². The topological polar surface area (TPSA) is 114 Å². The van der Waals surface area contributed by atoms with Crippen LogP contribution >= 0.6 is 11.3 Å². The number of thiazole rings is 1. The Morgan fingerprint density at radius 2 is 1.71 bits per heavy atom. The minimum atomic E-state index is -3.86. The van der Waals surface area contributed by atoms with Gasteiger partial charge >= 0.3 is 0 Å². The first-order chi connectivity index (χ1) is 16.4. The Hall–Kier alpha value is -2.60. The molecule has 186 valence electrons. The lowest BCUT2D eigenvalue weighted by atomic mass is 9.97. The molecule has 1 N–H and O–H groups in total. The van der Waals surface area contributed by atoms with E-state index in [4.69, 9.17) is 0 Å². The van der Waals surface area contributed by atoms with Crippen molar-refractivity contribution >= 4 is 42.2 Å². The van der Waals surface area contributed by atoms with Gasteiger partial charge in [-0.05, 0) is 50.5 Å². The smallest absolute Gasteiger partial charge is 0.243 e. The standard InChI is InChI=1S/C24H27N3O5S3/c1-16-7-8-21(17(2)13-16)22-15-33-24(25-22)26-23(28)18-9-11-27(12-10-18)35(31,32)20-6-4-5-19(14-20)34(3,29)30/h4-8,13-15,18H,9-12H2,1-3H3,(H,25,26,28). The fourth-order valence-electron chi connectivity index (χ4n) is 4.14. The highest BCUT2D eigenvalue weighted by Gasteiger charge is 2.32. The minimum absolute atomic E-state index is 0.0449. The van der Waals surface area contributed by atoms with E-state index in [0.717, 1.165) is 23.1 Å². The summed E-state index contributed by atoms with van der Waals surface area (Å²) in [6.07, 6.45) is 1.77. The van der Waals surface area contributed by atoms with Crippen LogP contribution in [-0.4, -0.2) is 51.4 Å². The monoisotopic (exact) mass is 533 g/mol. The van der Waals surface area contributed by atoms with Crippen molar-refractivity contribution in [1.29, 1.82) is 0 Å². The molecule has 2 aromatic carbocycles. The zero-order chi connectivity index (χ0) is 25.4. The lowest BCUT2D eigenvalue weighted by molar-refractivity contribution is -0.120. The second kappa shape index (κ2) is 9.81. The van der Waals surface area contributed by atoms with E-state index in [1.54, 1.807) is 0 Å². The number of rotatable bonds is 6. The van der Waals surface area contributed by atoms with Crippen molar-refractivity contribution in [3.8, 4) is 11.3 Å². The Morgan fingerprint density at radius 1 is 1.03 bits per heavy atom. The Morgan fingerprint density at radius 3 is 2.37 bits per heavy atom. The predicted octanol–water partition coefficient (Wildman–Crippen LogP) is 3.87. The number of hydrogen-bond acceptors (Lipinski definition) is 7. The molecule has 0 bridgehead atoms. The SMILES string of the molecule is Cc1ccc(-c2csc(NC(=O)C3CCN(S(=O)(=O)c4cccc(S(C)(=O)=O)c4)CC3)n2)c(C)c1. The lowest BCUT2D eigenvalue weighted by Gasteiger charge is -2.30. The summed E-state index contributed by atoms with van der Waals surface area (Å²) in [5.41, 5.74) is 4.11. The van der Waals surface area contributed by atoms with E-state index in [1.807, 2.05) is 31.4 Å². The summed E-state index contributed by atoms with van der Waals surface area (Å²) in [6.45, 7) is 4.41. The van der Waals surface area contributed by atoms with Crippen molar-refractivity contribution in [3.05, 3.63) is 59.0 Å². The van der Waals surface area contributed by atoms with Crippen molar-refractivity contribution in [2.24, 2.45) is 5.92 Å². The number of sulfone groups is 1. The molecule has 1 amide bonds. The third kappa shape index (κ3) is 5.64. The van der Waals surface area contributed by atoms with Crippen molar-refractivity contribution in [1.82, 2.24) is 9.29 Å². The van der Waals surface area contributed by atoms with E-state index >= 15 is 0 Å². The molecule has 0 atom stereocenters. The van der Waals surface area contributed by atoms with Crippen LogP contribution in [0.3, 0.4) is 0 Å². The van der Waals surface area contributed by atoms with Crippen LogP contribution in [0.1, 0.15) is 24.0 Å². The molecule has 35 heavy (non-hydrogen) atoms. The number of anilines is 1. The molecule has 4 rings (SSSR count). The average Bonchev–Trinajstić information content (AvgIpc) is 3.26. The predicted molar refractivity (Wildman–Crippen MR) is 137 cm³/mol. The van der Waals surface area contributed by atoms with E-state index in [9.17, 15) is 21.6 Å². The number of benzene rings is 2. The number of aromatic nitrogens is 1. The average molecular weight is 534 g/mol. The molecule has 0 unspecified atom stereocenters. The number of carbonyl (C=O) groups excluding carboxylic acids is 1. The van der Waals surface area contributed by atoms with E-state index in [-0.39, 0.29) is 34.7 Å². The van der Waals surface area contributed by atoms with Crippen molar-refractivity contribution in [3.63, 3.8) is 0 Å². The highest BCUT2D eigenvalue weighted by Crippen LogP contribution is 2.30. The van der Waals surface area contributed by atoms with Crippen molar-refractivity contribution < 1.29 is 21.6 Å². The number of amides is 1. The summed E-state index contributed by atoms with van der Waals surface area (Å²) in [7, 11) is -7.39. The zero-order valence-electron chi connectivity index (χ0n) is 19.7. The van der Waals surface area contributed by atoms with E-state index in [0.29, 0.717) is 18.0 Å². The summed E-state index contributed by atoms with van der Waals surface area (Å²) >= 11 is 1.36. The highest BCUT2D eigenvalue weighted by atomic mass is 32.2. The molecule has 1 aliphatic heterocycles. The van der Waals surface area contributed by atoms with Crippen LogP contribution in [0.15, 0.2) is 57.6 Å². The molecule has 3 aromatic rings. The van der Waals surface area contributed by atoms with E-state index in [1.165, 1.54) is 45.5 Å². The van der Waals surface area contributed by atoms with Crippen LogP contribution in [0.4, 0.5) is 5.13 Å². The van der Waals surface area contributed by atoms with Gasteiger partial charge in [-0.3, -0.25) is 4.79 Å². The first-order valence-electron chi connectivity index (χ1n) is 11.1. The van der Waals surface area contributed by atoms with Gasteiger partial charge in [-0.25, -0.2) is 21.8 Å². The Bertz CT molecular complexity index is 1470. The van der Waals surface area contributed by atoms with Gasteiger partial charge in [0.2, 0.25) is 15.9 Å². The summed E-state index contributed by atoms with van der Waals surface area (Å²) in [5.74, 6) is -0.514. The van der Waals surface area contributed by atoms with Gasteiger partial charge in [-0.15, -0.1) is 11.3 Å². The molecule has 1 aromatic heterocycles. The molecule has 8 nitrogen and oxygen atoms in total. The van der Waals surface area contributed by atoms with Crippen LogP contribution in [-0.2, 0) is 24.7 Å². The molecule has 2 heterocycles. The molecule has 1 fully saturated rings. The minimum Gasteiger partial charge on any atom is -0.302 e. The fourth-order valence-corrected chi connectivity index (χ4v) is 7.11. The molecule has 0 spiro atoms. The zero-order valence-corrected chi connectivity index (χ0v) is 22.1. The lowest BCUT2D eigenvalue weighted by Crippen LogP contribution is -2.41. The second-order valence-electron chi connectivity index (χ2n) is 8.77. The molecule has 11 heteroatoms. The van der Waals surface area contributed by atoms with Crippen molar-refractivity contribution in [2.75, 3.05) is 24.7 Å². The maximum absolute atomic E-state index is 13.0. The molecule has 0 radical (unpaired) electrons. The molecule has 0 aliphatic carbocycles. The summed E-state index contributed by atoms with van der Waals surface area (Å²) in [6, 6.07) is 11.5. The molecular formula is C24H27N3O5S3. The largest absolute Gasteiger partial charge is 0.302 e. The number of sulfonamides is 1. The van der Waals surface area contributed by atoms with Crippen LogP contribution < -0.4 is 5.32 Å². The molecule has 1 aliphatic rings. The number of hydrogen-bond donors (Lipinski definition) is 1. The van der Waals surface area contributed by atoms with Crippen LogP contribution in [0.5, 0.6) is 0 Å². The van der Waals surface area contributed by atoms with Gasteiger partial charge in [0, 0.05) is 36.2 Å². The fraction of sp³-hybridized carbons (Fsp3) is 0.333. The first kappa shape index (κ1) is 25.5. The molecular weight excluding hydrogens is 506 g/mol. The Balaban J connectivity index is 1.39. The van der Waals surface area contributed by atoms with Gasteiger partial charge in [0.1, 0.15) is 0 Å². The number of aryl methyl sites for hydroxylation is 2. The number of nitrogens with one attached hydrogen (secondary N) is 1. The number of piperidine rings is 1. The first-order valence-corrected chi connectivity index (χ1v) is 15.3. The van der Waals surface area contributed by atoms with Crippen LogP contribution in [0.25, 0.3) is 11.3 Å². The maximum Gasteiger partial charge on any atom is 0.243 e. The summed E-state index contributed by atoms with van der Waals surface area (Å²) in [4.78, 5) is 17.3. The summed E-state index contributed by atoms with van der Waals surface area (Å²) in [5, 5.41) is 5.30. The van der Waals surface area contributed by atoms with Crippen LogP contribution in [0, 0.1) is 19.8 Å². The van der Waals surface area contributed by atoms with Gasteiger partial charge in [-0.1, -0.05) is 29.8 Å². The van der Waals surface area contributed by atoms with E-state index in [2.05, 4.69) is 16.4 Å². The van der Waals surface area contributed by atoms with Gasteiger partial charge in [-0.2, -0.15) is 4.31 Å². The van der Waals surface area contributed by atoms with E-state index < -0.39 is 19.9 Å². The van der Waals surface area contributed by atoms with Gasteiger partial charge in [0.05, 0.1) is 15.5 Å². The third-order valence-electron chi connectivity index (χ3n) is 6.09. The summed E-state index contributed by atoms with van der Waals surface area (Å²) < 4.78 is 51.0.